The number of nitrogens with zero attached hydrogens (tertiary/aromatic N) is 1. The quantitative estimate of drug-likeness (QED) is 0.399. The van der Waals surface area contributed by atoms with Gasteiger partial charge in [0, 0.05) is 29.9 Å². The van der Waals surface area contributed by atoms with Crippen molar-refractivity contribution in [3.05, 3.63) is 114 Å². The van der Waals surface area contributed by atoms with Crippen molar-refractivity contribution < 1.29 is 9.59 Å². The van der Waals surface area contributed by atoms with Gasteiger partial charge in [0.2, 0.25) is 0 Å². The van der Waals surface area contributed by atoms with Crippen LogP contribution in [0.2, 0.25) is 0 Å². The number of nitrogens with one attached hydrogen (secondary N) is 2. The van der Waals surface area contributed by atoms with Gasteiger partial charge in [0.15, 0.2) is 0 Å². The lowest BCUT2D eigenvalue weighted by Crippen LogP contribution is -2.31. The SMILES string of the molecule is O=C(Nc1ccc(C(=O)N2CCCNc3ccccc32)cc1)c1ccccc1-c1ccccc1. The van der Waals surface area contributed by atoms with Gasteiger partial charge >= 0.3 is 0 Å². The van der Waals surface area contributed by atoms with Gasteiger partial charge in [-0.2, -0.15) is 0 Å². The molecule has 2 N–H and O–H groups in total. The van der Waals surface area contributed by atoms with E-state index in [9.17, 15) is 9.59 Å². The fraction of sp³-hybridized carbons (Fsp3) is 0.103. The van der Waals surface area contributed by atoms with Gasteiger partial charge < -0.3 is 15.5 Å². The van der Waals surface area contributed by atoms with Crippen LogP contribution in [0.4, 0.5) is 17.1 Å². The second-order valence-electron chi connectivity index (χ2n) is 8.20. The first-order chi connectivity index (χ1) is 16.7. The summed E-state index contributed by atoms with van der Waals surface area (Å²) in [5.41, 5.74) is 5.54. The Morgan fingerprint density at radius 2 is 1.47 bits per heavy atom. The number of benzene rings is 4. The van der Waals surface area contributed by atoms with Gasteiger partial charge in [-0.1, -0.05) is 60.7 Å². The Kier molecular flexibility index (Phi) is 6.08. The summed E-state index contributed by atoms with van der Waals surface area (Å²) in [6, 6.07) is 32.3. The fourth-order valence-corrected chi connectivity index (χ4v) is 4.25. The molecule has 0 fully saturated rings. The van der Waals surface area contributed by atoms with Crippen LogP contribution in [0.1, 0.15) is 27.1 Å². The van der Waals surface area contributed by atoms with Crippen LogP contribution in [0.5, 0.6) is 0 Å². The number of anilines is 3. The van der Waals surface area contributed by atoms with Crippen molar-refractivity contribution in [3.8, 4) is 11.1 Å². The van der Waals surface area contributed by atoms with E-state index in [2.05, 4.69) is 10.6 Å². The third kappa shape index (κ3) is 4.41. The molecule has 0 bridgehead atoms. The minimum atomic E-state index is -0.189. The maximum absolute atomic E-state index is 13.3. The van der Waals surface area contributed by atoms with Crippen LogP contribution < -0.4 is 15.5 Å². The number of carbonyl (C=O) groups is 2. The summed E-state index contributed by atoms with van der Waals surface area (Å²) in [4.78, 5) is 28.2. The van der Waals surface area contributed by atoms with E-state index in [1.165, 1.54) is 0 Å². The number of rotatable bonds is 4. The van der Waals surface area contributed by atoms with E-state index in [0.29, 0.717) is 23.4 Å². The van der Waals surface area contributed by atoms with E-state index in [-0.39, 0.29) is 11.8 Å². The molecule has 34 heavy (non-hydrogen) atoms. The molecule has 5 rings (SSSR count). The van der Waals surface area contributed by atoms with Crippen molar-refractivity contribution in [3.63, 3.8) is 0 Å². The summed E-state index contributed by atoms with van der Waals surface area (Å²) in [5, 5.41) is 6.35. The van der Waals surface area contributed by atoms with Gasteiger partial charge in [-0.05, 0) is 60.0 Å². The molecule has 1 aliphatic rings. The van der Waals surface area contributed by atoms with Gasteiger partial charge in [0.25, 0.3) is 11.8 Å². The fourth-order valence-electron chi connectivity index (χ4n) is 4.25. The van der Waals surface area contributed by atoms with Crippen LogP contribution >= 0.6 is 0 Å². The van der Waals surface area contributed by atoms with Gasteiger partial charge in [-0.25, -0.2) is 0 Å². The van der Waals surface area contributed by atoms with Crippen LogP contribution in [-0.2, 0) is 0 Å². The van der Waals surface area contributed by atoms with Crippen molar-refractivity contribution in [1.29, 1.82) is 0 Å². The van der Waals surface area contributed by atoms with Crippen LogP contribution in [0.3, 0.4) is 0 Å². The number of para-hydroxylation sites is 2. The highest BCUT2D eigenvalue weighted by Crippen LogP contribution is 2.30. The summed E-state index contributed by atoms with van der Waals surface area (Å²) >= 11 is 0. The highest BCUT2D eigenvalue weighted by molar-refractivity contribution is 6.10. The molecule has 4 aromatic carbocycles. The van der Waals surface area contributed by atoms with Gasteiger partial charge in [-0.3, -0.25) is 9.59 Å². The molecule has 1 heterocycles. The van der Waals surface area contributed by atoms with Crippen LogP contribution in [0, 0.1) is 0 Å². The molecule has 5 nitrogen and oxygen atoms in total. The second-order valence-corrected chi connectivity index (χ2v) is 8.20. The van der Waals surface area contributed by atoms with Gasteiger partial charge in [0.1, 0.15) is 0 Å². The van der Waals surface area contributed by atoms with E-state index in [1.54, 1.807) is 24.3 Å². The molecule has 0 saturated carbocycles. The molecular formula is C29H25N3O2. The predicted molar refractivity (Wildman–Crippen MR) is 137 cm³/mol. The Morgan fingerprint density at radius 1 is 0.765 bits per heavy atom. The van der Waals surface area contributed by atoms with Crippen molar-refractivity contribution in [2.24, 2.45) is 0 Å². The largest absolute Gasteiger partial charge is 0.383 e. The van der Waals surface area contributed by atoms with E-state index < -0.39 is 0 Å². The average Bonchev–Trinajstić information content (AvgIpc) is 3.12. The normalized spacial score (nSPS) is 12.8. The Bertz CT molecular complexity index is 1320. The molecule has 0 atom stereocenters. The summed E-state index contributed by atoms with van der Waals surface area (Å²) in [6.07, 6.45) is 0.870. The lowest BCUT2D eigenvalue weighted by molar-refractivity contribution is 0.0986. The van der Waals surface area contributed by atoms with Crippen molar-refractivity contribution in [1.82, 2.24) is 0 Å². The van der Waals surface area contributed by atoms with E-state index >= 15 is 0 Å². The second kappa shape index (κ2) is 9.63. The first kappa shape index (κ1) is 21.5. The zero-order chi connectivity index (χ0) is 23.3. The van der Waals surface area contributed by atoms with Crippen LogP contribution in [-0.4, -0.2) is 24.9 Å². The summed E-state index contributed by atoms with van der Waals surface area (Å²) in [5.74, 6) is -0.241. The molecule has 168 valence electrons. The summed E-state index contributed by atoms with van der Waals surface area (Å²) in [6.45, 7) is 1.48. The Balaban J connectivity index is 1.34. The van der Waals surface area contributed by atoms with Crippen molar-refractivity contribution >= 4 is 28.9 Å². The zero-order valence-electron chi connectivity index (χ0n) is 18.7. The van der Waals surface area contributed by atoms with Gasteiger partial charge in [0.05, 0.1) is 11.4 Å². The Labute approximate surface area is 199 Å². The topological polar surface area (TPSA) is 61.4 Å². The van der Waals surface area contributed by atoms with Crippen LogP contribution in [0.25, 0.3) is 11.1 Å². The third-order valence-electron chi connectivity index (χ3n) is 5.96. The molecule has 4 aromatic rings. The van der Waals surface area contributed by atoms with Crippen molar-refractivity contribution in [2.45, 2.75) is 6.42 Å². The number of fused-ring (bicyclic) bond motifs is 1. The van der Waals surface area contributed by atoms with E-state index in [1.807, 2.05) is 83.8 Å². The average molecular weight is 448 g/mol. The molecule has 5 heteroatoms. The molecule has 1 aliphatic heterocycles. The number of hydrogen-bond donors (Lipinski definition) is 2. The van der Waals surface area contributed by atoms with Crippen molar-refractivity contribution in [2.75, 3.05) is 28.6 Å². The highest BCUT2D eigenvalue weighted by Gasteiger charge is 2.22. The molecule has 2 amide bonds. The lowest BCUT2D eigenvalue weighted by Gasteiger charge is -2.22. The van der Waals surface area contributed by atoms with Gasteiger partial charge in [-0.15, -0.1) is 0 Å². The predicted octanol–water partition coefficient (Wildman–Crippen LogP) is 6.07. The minimum Gasteiger partial charge on any atom is -0.383 e. The van der Waals surface area contributed by atoms with E-state index in [0.717, 1.165) is 35.5 Å². The highest BCUT2D eigenvalue weighted by atomic mass is 16.2. The third-order valence-corrected chi connectivity index (χ3v) is 5.96. The number of amides is 2. The summed E-state index contributed by atoms with van der Waals surface area (Å²) in [7, 11) is 0. The smallest absolute Gasteiger partial charge is 0.258 e. The van der Waals surface area contributed by atoms with Crippen LogP contribution in [0.15, 0.2) is 103 Å². The standard InChI is InChI=1S/C29H25N3O2/c33-28(25-12-5-4-11-24(25)21-9-2-1-3-10-21)31-23-17-15-22(16-18-23)29(34)32-20-8-19-30-26-13-6-7-14-27(26)32/h1-7,9-18,30H,8,19-20H2,(H,31,33). The minimum absolute atomic E-state index is 0.0524. The van der Waals surface area contributed by atoms with E-state index in [4.69, 9.17) is 0 Å². The lowest BCUT2D eigenvalue weighted by atomic mass is 9.99. The Morgan fingerprint density at radius 3 is 2.29 bits per heavy atom. The maximum Gasteiger partial charge on any atom is 0.258 e. The zero-order valence-corrected chi connectivity index (χ0v) is 18.7. The number of carbonyl (C=O) groups excluding carboxylic acids is 2. The first-order valence-electron chi connectivity index (χ1n) is 11.4. The molecular weight excluding hydrogens is 422 g/mol. The molecule has 0 radical (unpaired) electrons. The monoisotopic (exact) mass is 447 g/mol. The first-order valence-corrected chi connectivity index (χ1v) is 11.4. The number of hydrogen-bond acceptors (Lipinski definition) is 3. The molecule has 0 aliphatic carbocycles. The molecule has 0 unspecified atom stereocenters. The molecule has 0 spiro atoms. The molecule has 0 saturated heterocycles. The maximum atomic E-state index is 13.3. The Hall–Kier alpha value is -4.38. The summed E-state index contributed by atoms with van der Waals surface area (Å²) < 4.78 is 0. The molecule has 0 aromatic heterocycles.